The van der Waals surface area contributed by atoms with Gasteiger partial charge in [0.2, 0.25) is 0 Å². The highest BCUT2D eigenvalue weighted by Gasteiger charge is 2.17. The van der Waals surface area contributed by atoms with E-state index in [4.69, 9.17) is 0 Å². The van der Waals surface area contributed by atoms with Crippen LogP contribution in [0.2, 0.25) is 0 Å². The van der Waals surface area contributed by atoms with Crippen LogP contribution in [-0.2, 0) is 6.42 Å². The Labute approximate surface area is 101 Å². The lowest BCUT2D eigenvalue weighted by molar-refractivity contribution is 0.573. The zero-order chi connectivity index (χ0) is 11.7. The van der Waals surface area contributed by atoms with E-state index >= 15 is 0 Å². The quantitative estimate of drug-likeness (QED) is 0.853. The van der Waals surface area contributed by atoms with E-state index in [2.05, 4.69) is 33.5 Å². The van der Waals surface area contributed by atoms with Gasteiger partial charge in [-0.25, -0.2) is 9.97 Å². The molecule has 1 aromatic carbocycles. The lowest BCUT2D eigenvalue weighted by Crippen LogP contribution is -2.12. The Morgan fingerprint density at radius 3 is 3.00 bits per heavy atom. The Hall–Kier alpha value is -1.48. The smallest absolute Gasteiger partial charge is 0.126 e. The van der Waals surface area contributed by atoms with Crippen molar-refractivity contribution in [3.63, 3.8) is 0 Å². The summed E-state index contributed by atoms with van der Waals surface area (Å²) in [6.07, 6.45) is 2.33. The predicted molar refractivity (Wildman–Crippen MR) is 69.0 cm³/mol. The summed E-state index contributed by atoms with van der Waals surface area (Å²) in [5.74, 6) is 1.61. The monoisotopic (exact) mass is 227 g/mol. The van der Waals surface area contributed by atoms with Crippen LogP contribution < -0.4 is 5.32 Å². The Morgan fingerprint density at radius 1 is 1.29 bits per heavy atom. The Kier molecular flexibility index (Phi) is 2.77. The summed E-state index contributed by atoms with van der Waals surface area (Å²) in [5.41, 5.74) is 2.28. The molecule has 0 saturated carbocycles. The molecule has 1 fully saturated rings. The van der Waals surface area contributed by atoms with Gasteiger partial charge in [-0.1, -0.05) is 18.2 Å². The molecule has 0 aliphatic carbocycles. The first kappa shape index (κ1) is 10.7. The summed E-state index contributed by atoms with van der Waals surface area (Å²) in [6.45, 7) is 4.24. The summed E-state index contributed by atoms with van der Waals surface area (Å²) in [6, 6.07) is 8.31. The van der Waals surface area contributed by atoms with Gasteiger partial charge in [0, 0.05) is 5.39 Å². The molecule has 1 aromatic heterocycles. The standard InChI is InChI=1S/C14H17N3/c1-10-16-13-5-3-2-4-12(13)14(17-10)8-11-6-7-15-9-11/h2-5,11,15H,6-9H2,1H3. The van der Waals surface area contributed by atoms with Crippen molar-refractivity contribution in [2.24, 2.45) is 5.92 Å². The molecule has 3 nitrogen and oxygen atoms in total. The van der Waals surface area contributed by atoms with Crippen molar-refractivity contribution < 1.29 is 0 Å². The van der Waals surface area contributed by atoms with E-state index < -0.39 is 0 Å². The highest BCUT2D eigenvalue weighted by molar-refractivity contribution is 5.80. The van der Waals surface area contributed by atoms with Crippen LogP contribution in [-0.4, -0.2) is 23.1 Å². The van der Waals surface area contributed by atoms with E-state index in [9.17, 15) is 0 Å². The molecule has 0 amide bonds. The van der Waals surface area contributed by atoms with Gasteiger partial charge in [0.25, 0.3) is 0 Å². The van der Waals surface area contributed by atoms with Crippen LogP contribution >= 0.6 is 0 Å². The van der Waals surface area contributed by atoms with Crippen LogP contribution in [0.15, 0.2) is 24.3 Å². The normalized spacial score (nSPS) is 19.9. The Bertz CT molecular complexity index is 530. The topological polar surface area (TPSA) is 37.8 Å². The molecule has 17 heavy (non-hydrogen) atoms. The molecule has 2 heterocycles. The predicted octanol–water partition coefficient (Wildman–Crippen LogP) is 2.09. The zero-order valence-electron chi connectivity index (χ0n) is 10.1. The number of benzene rings is 1. The van der Waals surface area contributed by atoms with Crippen molar-refractivity contribution >= 4 is 10.9 Å². The Morgan fingerprint density at radius 2 is 2.18 bits per heavy atom. The van der Waals surface area contributed by atoms with Crippen LogP contribution in [0.5, 0.6) is 0 Å². The highest BCUT2D eigenvalue weighted by atomic mass is 14.9. The van der Waals surface area contributed by atoms with Gasteiger partial charge >= 0.3 is 0 Å². The van der Waals surface area contributed by atoms with E-state index in [1.165, 1.54) is 17.5 Å². The number of aryl methyl sites for hydroxylation is 1. The van der Waals surface area contributed by atoms with Gasteiger partial charge in [-0.15, -0.1) is 0 Å². The van der Waals surface area contributed by atoms with E-state index in [0.29, 0.717) is 0 Å². The maximum atomic E-state index is 4.63. The van der Waals surface area contributed by atoms with Crippen molar-refractivity contribution in [2.45, 2.75) is 19.8 Å². The van der Waals surface area contributed by atoms with Gasteiger partial charge in [0.15, 0.2) is 0 Å². The van der Waals surface area contributed by atoms with Crippen LogP contribution in [0.25, 0.3) is 10.9 Å². The minimum Gasteiger partial charge on any atom is -0.316 e. The fourth-order valence-electron chi connectivity index (χ4n) is 2.59. The maximum Gasteiger partial charge on any atom is 0.126 e. The van der Waals surface area contributed by atoms with Crippen LogP contribution in [0.3, 0.4) is 0 Å². The number of rotatable bonds is 2. The third-order valence-corrected chi connectivity index (χ3v) is 3.44. The van der Waals surface area contributed by atoms with E-state index in [1.807, 2.05) is 13.0 Å². The second-order valence-electron chi connectivity index (χ2n) is 4.80. The van der Waals surface area contributed by atoms with Crippen molar-refractivity contribution in [1.82, 2.24) is 15.3 Å². The molecule has 0 bridgehead atoms. The first-order valence-corrected chi connectivity index (χ1v) is 6.26. The van der Waals surface area contributed by atoms with Gasteiger partial charge in [-0.05, 0) is 44.8 Å². The molecule has 88 valence electrons. The maximum absolute atomic E-state index is 4.63. The first-order chi connectivity index (χ1) is 8.33. The molecule has 3 rings (SSSR count). The summed E-state index contributed by atoms with van der Waals surface area (Å²) in [7, 11) is 0. The van der Waals surface area contributed by atoms with Gasteiger partial charge in [-0.3, -0.25) is 0 Å². The molecular weight excluding hydrogens is 210 g/mol. The number of para-hydroxylation sites is 1. The summed E-state index contributed by atoms with van der Waals surface area (Å²) < 4.78 is 0. The lowest BCUT2D eigenvalue weighted by Gasteiger charge is -2.10. The van der Waals surface area contributed by atoms with Gasteiger partial charge in [0.05, 0.1) is 11.2 Å². The third kappa shape index (κ3) is 2.15. The fraction of sp³-hybridized carbons (Fsp3) is 0.429. The Balaban J connectivity index is 2.01. The molecule has 2 aromatic rings. The lowest BCUT2D eigenvalue weighted by atomic mass is 10.00. The average molecular weight is 227 g/mol. The van der Waals surface area contributed by atoms with Gasteiger partial charge in [-0.2, -0.15) is 0 Å². The fourth-order valence-corrected chi connectivity index (χ4v) is 2.59. The second-order valence-corrected chi connectivity index (χ2v) is 4.80. The molecular formula is C14H17N3. The van der Waals surface area contributed by atoms with Crippen molar-refractivity contribution in [1.29, 1.82) is 0 Å². The molecule has 0 radical (unpaired) electrons. The number of fused-ring (bicyclic) bond motifs is 1. The highest BCUT2D eigenvalue weighted by Crippen LogP contribution is 2.21. The summed E-state index contributed by atoms with van der Waals surface area (Å²) >= 11 is 0. The van der Waals surface area contributed by atoms with E-state index in [1.54, 1.807) is 0 Å². The number of hydrogen-bond donors (Lipinski definition) is 1. The molecule has 1 aliphatic heterocycles. The van der Waals surface area contributed by atoms with Crippen molar-refractivity contribution in [2.75, 3.05) is 13.1 Å². The molecule has 0 spiro atoms. The number of nitrogens with one attached hydrogen (secondary N) is 1. The summed E-state index contributed by atoms with van der Waals surface area (Å²) in [5, 5.41) is 4.62. The SMILES string of the molecule is Cc1nc(CC2CCNC2)c2ccccc2n1. The number of aromatic nitrogens is 2. The number of hydrogen-bond acceptors (Lipinski definition) is 3. The van der Waals surface area contributed by atoms with Gasteiger partial charge in [0.1, 0.15) is 5.82 Å². The summed E-state index contributed by atoms with van der Waals surface area (Å²) in [4.78, 5) is 9.11. The molecule has 1 N–H and O–H groups in total. The first-order valence-electron chi connectivity index (χ1n) is 6.26. The molecule has 3 heteroatoms. The minimum absolute atomic E-state index is 0.729. The molecule has 1 aliphatic rings. The zero-order valence-corrected chi connectivity index (χ0v) is 10.1. The van der Waals surface area contributed by atoms with Crippen molar-refractivity contribution in [3.8, 4) is 0 Å². The van der Waals surface area contributed by atoms with Crippen LogP contribution in [0.4, 0.5) is 0 Å². The minimum atomic E-state index is 0.729. The van der Waals surface area contributed by atoms with Crippen LogP contribution in [0, 0.1) is 12.8 Å². The second kappa shape index (κ2) is 4.41. The molecule has 1 unspecified atom stereocenters. The third-order valence-electron chi connectivity index (χ3n) is 3.44. The van der Waals surface area contributed by atoms with Crippen molar-refractivity contribution in [3.05, 3.63) is 35.8 Å². The average Bonchev–Trinajstić information content (AvgIpc) is 2.81. The van der Waals surface area contributed by atoms with Crippen LogP contribution in [0.1, 0.15) is 17.9 Å². The van der Waals surface area contributed by atoms with E-state index in [0.717, 1.165) is 36.8 Å². The van der Waals surface area contributed by atoms with Gasteiger partial charge < -0.3 is 5.32 Å². The number of nitrogens with zero attached hydrogens (tertiary/aromatic N) is 2. The van der Waals surface area contributed by atoms with E-state index in [-0.39, 0.29) is 0 Å². The molecule has 1 saturated heterocycles. The molecule has 1 atom stereocenters. The largest absolute Gasteiger partial charge is 0.316 e.